The van der Waals surface area contributed by atoms with Gasteiger partial charge in [0.1, 0.15) is 0 Å². The Kier molecular flexibility index (Phi) is 6.99. The van der Waals surface area contributed by atoms with Crippen LogP contribution in [0.4, 0.5) is 0 Å². The van der Waals surface area contributed by atoms with E-state index in [4.69, 9.17) is 0 Å². The summed E-state index contributed by atoms with van der Waals surface area (Å²) in [6.45, 7) is 5.28. The maximum Gasteiger partial charge on any atom is -1.00 e. The molecule has 0 bridgehead atoms. The molecule has 0 fully saturated rings. The van der Waals surface area contributed by atoms with Crippen LogP contribution in [-0.2, 0) is 20.9 Å². The van der Waals surface area contributed by atoms with E-state index in [0.29, 0.717) is 7.25 Å². The zero-order chi connectivity index (χ0) is 20.2. The SMILES string of the molecule is C[SiH](C)[Zr+2]([CH]1c2ccccc2-c2ccccc21)[CH]1c2ccccc2-c2ccccc21.[Cl-].[Cl-]. The molecule has 0 unspecified atom stereocenters. The molecule has 0 saturated carbocycles. The Morgan fingerprint density at radius 1 is 0.469 bits per heavy atom. The maximum atomic E-state index is 2.64. The van der Waals surface area contributed by atoms with Crippen LogP contribution in [0.3, 0.4) is 0 Å². The second-order valence-corrected chi connectivity index (χ2v) is 28.9. The molecule has 32 heavy (non-hydrogen) atoms. The van der Waals surface area contributed by atoms with Crippen molar-refractivity contribution in [3.63, 3.8) is 0 Å². The number of halogens is 2. The zero-order valence-corrected chi connectivity index (χ0v) is 23.4. The van der Waals surface area contributed by atoms with Gasteiger partial charge in [0.25, 0.3) is 0 Å². The monoisotopic (exact) mass is 549 g/mol. The Morgan fingerprint density at radius 3 is 0.969 bits per heavy atom. The first-order valence-electron chi connectivity index (χ1n) is 11.0. The smallest absolute Gasteiger partial charge is 1.00 e. The van der Waals surface area contributed by atoms with Gasteiger partial charge in [0, 0.05) is 0 Å². The molecule has 0 amide bonds. The van der Waals surface area contributed by atoms with Crippen molar-refractivity contribution in [2.75, 3.05) is 0 Å². The summed E-state index contributed by atoms with van der Waals surface area (Å²) in [5.41, 5.74) is 12.5. The van der Waals surface area contributed by atoms with E-state index in [2.05, 4.69) is 110 Å². The molecule has 2 aliphatic carbocycles. The Hall–Kier alpha value is -1.44. The third-order valence-electron chi connectivity index (χ3n) is 7.00. The molecule has 0 saturated heterocycles. The minimum atomic E-state index is -2.00. The third kappa shape index (κ3) is 3.51. The Labute approximate surface area is 212 Å². The topological polar surface area (TPSA) is 0 Å². The number of fused-ring (bicyclic) bond motifs is 6. The fourth-order valence-corrected chi connectivity index (χ4v) is 28.1. The van der Waals surface area contributed by atoms with E-state index in [1.54, 1.807) is 22.3 Å². The van der Waals surface area contributed by atoms with Crippen LogP contribution in [0.2, 0.25) is 13.1 Å². The molecule has 0 aliphatic heterocycles. The fraction of sp³-hybridized carbons (Fsp3) is 0.143. The van der Waals surface area contributed by atoms with E-state index in [1.165, 1.54) is 22.3 Å². The van der Waals surface area contributed by atoms with Crippen molar-refractivity contribution in [3.05, 3.63) is 119 Å². The summed E-state index contributed by atoms with van der Waals surface area (Å²) < 4.78 is 1.35. The Balaban J connectivity index is 0.00000122. The van der Waals surface area contributed by atoms with Crippen LogP contribution < -0.4 is 24.8 Å². The van der Waals surface area contributed by atoms with Gasteiger partial charge in [-0.05, 0) is 0 Å². The number of hydrogen-bond donors (Lipinski definition) is 0. The number of hydrogen-bond acceptors (Lipinski definition) is 0. The second kappa shape index (κ2) is 9.43. The molecule has 4 aromatic carbocycles. The van der Waals surface area contributed by atoms with Gasteiger partial charge in [-0.15, -0.1) is 0 Å². The van der Waals surface area contributed by atoms with Crippen molar-refractivity contribution < 1.29 is 45.7 Å². The molecule has 4 heteroatoms. The van der Waals surface area contributed by atoms with Crippen LogP contribution >= 0.6 is 0 Å². The molecular weight excluding hydrogens is 527 g/mol. The minimum Gasteiger partial charge on any atom is -1.00 e. The van der Waals surface area contributed by atoms with Gasteiger partial charge in [-0.3, -0.25) is 0 Å². The molecule has 0 nitrogen and oxygen atoms in total. The van der Waals surface area contributed by atoms with Crippen LogP contribution in [0, 0.1) is 0 Å². The van der Waals surface area contributed by atoms with Crippen LogP contribution in [-0.4, -0.2) is 5.92 Å². The summed E-state index contributed by atoms with van der Waals surface area (Å²) >= 11 is -2.00. The molecule has 0 radical (unpaired) electrons. The summed E-state index contributed by atoms with van der Waals surface area (Å²) in [5, 5.41) is 0. The molecule has 159 valence electrons. The van der Waals surface area contributed by atoms with Gasteiger partial charge in [0.15, 0.2) is 0 Å². The fourth-order valence-electron chi connectivity index (χ4n) is 5.86. The number of rotatable bonds is 3. The van der Waals surface area contributed by atoms with E-state index in [-0.39, 0.29) is 24.8 Å². The maximum absolute atomic E-state index is 2.64. The summed E-state index contributed by atoms with van der Waals surface area (Å²) in [4.78, 5) is 0. The number of benzene rings is 4. The van der Waals surface area contributed by atoms with Crippen LogP contribution in [0.15, 0.2) is 97.1 Å². The van der Waals surface area contributed by atoms with Crippen molar-refractivity contribution in [2.24, 2.45) is 0 Å². The van der Waals surface area contributed by atoms with Gasteiger partial charge in [-0.1, -0.05) is 0 Å². The average Bonchev–Trinajstić information content (AvgIpc) is 3.29. The van der Waals surface area contributed by atoms with Crippen molar-refractivity contribution >= 4 is 5.92 Å². The Bertz CT molecular complexity index is 1080. The van der Waals surface area contributed by atoms with E-state index in [0.717, 1.165) is 0 Å². The first-order chi connectivity index (χ1) is 14.8. The minimum absolute atomic E-state index is 0. The van der Waals surface area contributed by atoms with Crippen molar-refractivity contribution in [3.8, 4) is 22.3 Å². The van der Waals surface area contributed by atoms with Gasteiger partial charge in [-0.2, -0.15) is 0 Å². The third-order valence-corrected chi connectivity index (χ3v) is 28.4. The average molecular weight is 552 g/mol. The summed E-state index contributed by atoms with van der Waals surface area (Å²) in [6.07, 6.45) is 0. The molecule has 2 aliphatic rings. The van der Waals surface area contributed by atoms with E-state index < -0.39 is 26.8 Å². The molecule has 0 heterocycles. The first kappa shape index (κ1) is 23.7. The quantitative estimate of drug-likeness (QED) is 0.335. The van der Waals surface area contributed by atoms with Gasteiger partial charge in [-0.25, -0.2) is 0 Å². The van der Waals surface area contributed by atoms with Crippen molar-refractivity contribution in [1.29, 1.82) is 0 Å². The standard InChI is InChI=1S/2C13H9.C2H7Si.2ClH.Zr/c2*1-3-7-12-10(5-1)9-11-6-2-4-8-13(11)12;1-3-2;;;/h2*1-9H;3H,1-2H3;2*1H;/q;;;;;+2/p-2. The molecule has 0 N–H and O–H groups in total. The molecular formula is C28H25Cl2SiZr. The molecule has 0 aromatic heterocycles. The zero-order valence-electron chi connectivity index (χ0n) is 18.2. The Morgan fingerprint density at radius 2 is 0.719 bits per heavy atom. The van der Waals surface area contributed by atoms with Crippen LogP contribution in [0.1, 0.15) is 29.5 Å². The van der Waals surface area contributed by atoms with Gasteiger partial charge < -0.3 is 24.8 Å². The second-order valence-electron chi connectivity index (χ2n) is 8.87. The van der Waals surface area contributed by atoms with Crippen molar-refractivity contribution in [1.82, 2.24) is 0 Å². The normalized spacial score (nSPS) is 13.5. The first-order valence-corrected chi connectivity index (χ1v) is 21.0. The molecule has 0 spiro atoms. The molecule has 6 rings (SSSR count). The summed E-state index contributed by atoms with van der Waals surface area (Å²) in [6, 6.07) is 37.1. The van der Waals surface area contributed by atoms with Gasteiger partial charge in [0.2, 0.25) is 0 Å². The van der Waals surface area contributed by atoms with Crippen LogP contribution in [0.5, 0.6) is 0 Å². The van der Waals surface area contributed by atoms with Gasteiger partial charge in [0.05, 0.1) is 0 Å². The molecule has 4 aromatic rings. The summed E-state index contributed by atoms with van der Waals surface area (Å²) in [7, 11) is 0. The summed E-state index contributed by atoms with van der Waals surface area (Å²) in [5.74, 6) is -0.830. The van der Waals surface area contributed by atoms with Crippen molar-refractivity contribution in [2.45, 2.75) is 20.3 Å². The predicted molar refractivity (Wildman–Crippen MR) is 126 cm³/mol. The van der Waals surface area contributed by atoms with E-state index >= 15 is 0 Å². The predicted octanol–water partition coefficient (Wildman–Crippen LogP) is 1.14. The van der Waals surface area contributed by atoms with E-state index in [1.807, 2.05) is 0 Å². The van der Waals surface area contributed by atoms with E-state index in [9.17, 15) is 0 Å². The largest absolute Gasteiger partial charge is 1.00 e. The van der Waals surface area contributed by atoms with Gasteiger partial charge >= 0.3 is 189 Å². The van der Waals surface area contributed by atoms with Crippen LogP contribution in [0.25, 0.3) is 22.3 Å². The molecule has 0 atom stereocenters.